The first-order chi connectivity index (χ1) is 18.2. The van der Waals surface area contributed by atoms with E-state index < -0.39 is 38.7 Å². The highest BCUT2D eigenvalue weighted by Crippen LogP contribution is 2.41. The molecule has 1 atom stereocenters. The van der Waals surface area contributed by atoms with Crippen LogP contribution in [0.2, 0.25) is 5.02 Å². The molecule has 0 radical (unpaired) electrons. The highest BCUT2D eigenvalue weighted by atomic mass is 35.5. The molecular formula is C25H24ClF3N4O5S. The number of benzene rings is 1. The number of pyridine rings is 2. The molecule has 1 aliphatic heterocycles. The van der Waals surface area contributed by atoms with E-state index in [0.717, 1.165) is 6.07 Å². The lowest BCUT2D eigenvalue weighted by Crippen LogP contribution is -2.46. The molecule has 0 aliphatic carbocycles. The van der Waals surface area contributed by atoms with E-state index in [1.807, 2.05) is 0 Å². The van der Waals surface area contributed by atoms with E-state index in [2.05, 4.69) is 14.7 Å². The van der Waals surface area contributed by atoms with Crippen molar-refractivity contribution in [2.75, 3.05) is 29.8 Å². The lowest BCUT2D eigenvalue weighted by atomic mass is 9.82. The molecule has 39 heavy (non-hydrogen) atoms. The molecule has 208 valence electrons. The number of rotatable bonds is 7. The SMILES string of the molecule is COc1ccc(Cl)c(-c2cc(NS(=O)(=O)c3ccnc(N4CCC[C@@](C)(C(=O)O)C4)c3)ncc2C(F)(F)F)c1. The van der Waals surface area contributed by atoms with Crippen molar-refractivity contribution in [3.8, 4) is 16.9 Å². The zero-order valence-electron chi connectivity index (χ0n) is 20.8. The van der Waals surface area contributed by atoms with E-state index in [1.54, 1.807) is 11.8 Å². The lowest BCUT2D eigenvalue weighted by Gasteiger charge is -2.38. The minimum absolute atomic E-state index is 0.00465. The molecule has 1 saturated heterocycles. The number of piperidine rings is 1. The number of nitrogens with zero attached hydrogens (tertiary/aromatic N) is 3. The summed E-state index contributed by atoms with van der Waals surface area (Å²) in [7, 11) is -2.98. The number of alkyl halides is 3. The van der Waals surface area contributed by atoms with E-state index in [1.165, 1.54) is 43.6 Å². The van der Waals surface area contributed by atoms with Gasteiger partial charge in [-0.05, 0) is 50.1 Å². The van der Waals surface area contributed by atoms with Gasteiger partial charge in [0.1, 0.15) is 17.4 Å². The Morgan fingerprint density at radius 3 is 2.59 bits per heavy atom. The van der Waals surface area contributed by atoms with Gasteiger partial charge in [0.15, 0.2) is 0 Å². The third-order valence-corrected chi connectivity index (χ3v) is 8.16. The number of aliphatic carboxylic acids is 1. The van der Waals surface area contributed by atoms with Crippen molar-refractivity contribution in [3.63, 3.8) is 0 Å². The number of ether oxygens (including phenoxy) is 1. The monoisotopic (exact) mass is 584 g/mol. The second-order valence-electron chi connectivity index (χ2n) is 9.30. The van der Waals surface area contributed by atoms with Crippen LogP contribution in [-0.4, -0.2) is 49.7 Å². The maximum absolute atomic E-state index is 13.8. The number of hydrogen-bond donors (Lipinski definition) is 2. The number of nitrogens with one attached hydrogen (secondary N) is 1. The molecule has 0 spiro atoms. The normalized spacial score (nSPS) is 18.1. The van der Waals surface area contributed by atoms with Gasteiger partial charge in [-0.15, -0.1) is 0 Å². The van der Waals surface area contributed by atoms with Crippen molar-refractivity contribution in [3.05, 3.63) is 59.4 Å². The molecule has 0 bridgehead atoms. The van der Waals surface area contributed by atoms with Gasteiger partial charge in [0.25, 0.3) is 10.0 Å². The van der Waals surface area contributed by atoms with Crippen molar-refractivity contribution in [1.29, 1.82) is 0 Å². The highest BCUT2D eigenvalue weighted by Gasteiger charge is 2.39. The maximum Gasteiger partial charge on any atom is 0.418 e. The predicted octanol–water partition coefficient (Wildman–Crippen LogP) is 5.32. The highest BCUT2D eigenvalue weighted by molar-refractivity contribution is 7.92. The number of carboxylic acids is 1. The fraction of sp³-hybridized carbons (Fsp3) is 0.320. The minimum atomic E-state index is -4.80. The molecule has 2 N–H and O–H groups in total. The van der Waals surface area contributed by atoms with Gasteiger partial charge in [-0.3, -0.25) is 9.52 Å². The van der Waals surface area contributed by atoms with E-state index in [0.29, 0.717) is 25.6 Å². The molecule has 14 heteroatoms. The number of aromatic nitrogens is 2. The first kappa shape index (κ1) is 28.4. The summed E-state index contributed by atoms with van der Waals surface area (Å²) >= 11 is 6.19. The van der Waals surface area contributed by atoms with Crippen LogP contribution in [0.3, 0.4) is 0 Å². The molecule has 0 saturated carbocycles. The van der Waals surface area contributed by atoms with Crippen LogP contribution in [0.5, 0.6) is 5.75 Å². The Labute approximate surface area is 227 Å². The van der Waals surface area contributed by atoms with Crippen LogP contribution in [0.4, 0.5) is 24.8 Å². The Kier molecular flexibility index (Phi) is 7.68. The number of hydrogen-bond acceptors (Lipinski definition) is 7. The second kappa shape index (κ2) is 10.5. The summed E-state index contributed by atoms with van der Waals surface area (Å²) in [5.41, 5.74) is -2.55. The number of carboxylic acid groups (broad SMARTS) is 1. The first-order valence-electron chi connectivity index (χ1n) is 11.6. The average Bonchev–Trinajstić information content (AvgIpc) is 2.88. The zero-order valence-corrected chi connectivity index (χ0v) is 22.4. The Hall–Kier alpha value is -3.58. The van der Waals surface area contributed by atoms with Crippen LogP contribution in [0.15, 0.2) is 53.7 Å². The number of anilines is 2. The molecule has 1 fully saturated rings. The van der Waals surface area contributed by atoms with Crippen LogP contribution < -0.4 is 14.4 Å². The Bertz CT molecular complexity index is 1520. The Balaban J connectivity index is 1.69. The summed E-state index contributed by atoms with van der Waals surface area (Å²) in [6, 6.07) is 7.60. The van der Waals surface area contributed by atoms with E-state index in [-0.39, 0.29) is 39.4 Å². The molecule has 1 aliphatic rings. The van der Waals surface area contributed by atoms with Crippen LogP contribution in [0.1, 0.15) is 25.3 Å². The quantitative estimate of drug-likeness (QED) is 0.383. The second-order valence-corrected chi connectivity index (χ2v) is 11.4. The molecule has 3 aromatic rings. The van der Waals surface area contributed by atoms with E-state index in [9.17, 15) is 31.5 Å². The maximum atomic E-state index is 13.8. The fourth-order valence-corrected chi connectivity index (χ4v) is 5.57. The predicted molar refractivity (Wildman–Crippen MR) is 138 cm³/mol. The van der Waals surface area contributed by atoms with E-state index in [4.69, 9.17) is 16.3 Å². The number of sulfonamides is 1. The van der Waals surface area contributed by atoms with Crippen molar-refractivity contribution in [1.82, 2.24) is 9.97 Å². The molecule has 0 unspecified atom stereocenters. The van der Waals surface area contributed by atoms with Gasteiger partial charge in [-0.2, -0.15) is 13.2 Å². The van der Waals surface area contributed by atoms with Crippen molar-refractivity contribution >= 4 is 39.2 Å². The molecule has 9 nitrogen and oxygen atoms in total. The van der Waals surface area contributed by atoms with Gasteiger partial charge in [-0.1, -0.05) is 11.6 Å². The van der Waals surface area contributed by atoms with Gasteiger partial charge >= 0.3 is 12.1 Å². The van der Waals surface area contributed by atoms with Crippen molar-refractivity contribution in [2.45, 2.75) is 30.8 Å². The zero-order chi connectivity index (χ0) is 28.6. The van der Waals surface area contributed by atoms with Crippen molar-refractivity contribution in [2.24, 2.45) is 5.41 Å². The number of methoxy groups -OCH3 is 1. The van der Waals surface area contributed by atoms with Crippen LogP contribution in [0, 0.1) is 5.41 Å². The van der Waals surface area contributed by atoms with Gasteiger partial charge in [0.05, 0.1) is 23.0 Å². The minimum Gasteiger partial charge on any atom is -0.497 e. The standard InChI is InChI=1S/C25H24ClF3N4O5S/c1-24(23(34)35)7-3-9-33(14-24)22-11-16(6-8-30-22)39(36,37)32-21-12-17(19(13-31-21)25(27,28)29)18-10-15(38-2)4-5-20(18)26/h4-6,8,10-13H,3,7,9,14H2,1-2H3,(H,31,32)(H,34,35)/t24-/m1/s1. The molecule has 0 amide bonds. The Morgan fingerprint density at radius 1 is 1.18 bits per heavy atom. The summed E-state index contributed by atoms with van der Waals surface area (Å²) in [5.74, 6) is -0.818. The molecule has 3 heterocycles. The van der Waals surface area contributed by atoms with Crippen molar-refractivity contribution < 1.29 is 36.2 Å². The van der Waals surface area contributed by atoms with Crippen LogP contribution in [0.25, 0.3) is 11.1 Å². The molecular weight excluding hydrogens is 561 g/mol. The number of carbonyl (C=O) groups is 1. The third-order valence-electron chi connectivity index (χ3n) is 6.48. The van der Waals surface area contributed by atoms with E-state index >= 15 is 0 Å². The van der Waals surface area contributed by atoms with Crippen LogP contribution in [-0.2, 0) is 21.0 Å². The van der Waals surface area contributed by atoms with Gasteiger partial charge in [0, 0.05) is 47.7 Å². The smallest absolute Gasteiger partial charge is 0.418 e. The molecule has 4 rings (SSSR count). The first-order valence-corrected chi connectivity index (χ1v) is 13.5. The molecule has 1 aromatic carbocycles. The topological polar surface area (TPSA) is 122 Å². The average molecular weight is 585 g/mol. The fourth-order valence-electron chi connectivity index (χ4n) is 4.34. The lowest BCUT2D eigenvalue weighted by molar-refractivity contribution is -0.148. The number of halogens is 4. The largest absolute Gasteiger partial charge is 0.497 e. The third kappa shape index (κ3) is 6.04. The summed E-state index contributed by atoms with van der Waals surface area (Å²) in [6.07, 6.45) is -1.97. The van der Waals surface area contributed by atoms with Gasteiger partial charge < -0.3 is 14.7 Å². The van der Waals surface area contributed by atoms with Crippen LogP contribution >= 0.6 is 11.6 Å². The summed E-state index contributed by atoms with van der Waals surface area (Å²) in [5, 5.41) is 9.58. The summed E-state index contributed by atoms with van der Waals surface area (Å²) in [6.45, 7) is 2.24. The summed E-state index contributed by atoms with van der Waals surface area (Å²) in [4.78, 5) is 21.1. The summed E-state index contributed by atoms with van der Waals surface area (Å²) < 4.78 is 75.2. The Morgan fingerprint density at radius 2 is 1.92 bits per heavy atom. The van der Waals surface area contributed by atoms with Gasteiger partial charge in [0.2, 0.25) is 0 Å². The van der Waals surface area contributed by atoms with Gasteiger partial charge in [-0.25, -0.2) is 18.4 Å². The molecule has 2 aromatic heterocycles.